The molecule has 0 unspecified atom stereocenters. The number of anilines is 1. The molecule has 1 amide bonds. The second-order valence-corrected chi connectivity index (χ2v) is 6.63. The van der Waals surface area contributed by atoms with Gasteiger partial charge in [0.2, 0.25) is 5.91 Å². The first-order chi connectivity index (χ1) is 13.6. The van der Waals surface area contributed by atoms with Crippen molar-refractivity contribution in [3.8, 4) is 0 Å². The summed E-state index contributed by atoms with van der Waals surface area (Å²) >= 11 is 0. The number of benzene rings is 2. The predicted octanol–water partition coefficient (Wildman–Crippen LogP) is 3.00. The third-order valence-electron chi connectivity index (χ3n) is 4.72. The minimum atomic E-state index is -0.834. The smallest absolute Gasteiger partial charge is 0.227 e. The van der Waals surface area contributed by atoms with Crippen LogP contribution < -0.4 is 15.5 Å². The van der Waals surface area contributed by atoms with Gasteiger partial charge in [0.1, 0.15) is 0 Å². The topological polar surface area (TPSA) is 56.7 Å². The zero-order valence-electron chi connectivity index (χ0n) is 15.8. The molecule has 0 radical (unpaired) electrons. The van der Waals surface area contributed by atoms with Gasteiger partial charge in [-0.05, 0) is 42.2 Å². The van der Waals surface area contributed by atoms with Crippen LogP contribution in [0.4, 0.5) is 14.5 Å². The summed E-state index contributed by atoms with van der Waals surface area (Å²) in [6.07, 6.45) is 1.87. The van der Waals surface area contributed by atoms with Crippen molar-refractivity contribution in [3.63, 3.8) is 0 Å². The van der Waals surface area contributed by atoms with Crippen LogP contribution in [0.1, 0.15) is 24.0 Å². The number of aliphatic imine (C=N–C) groups is 1. The lowest BCUT2D eigenvalue weighted by atomic mass is 10.1. The average Bonchev–Trinajstić information content (AvgIpc) is 3.14. The fourth-order valence-electron chi connectivity index (χ4n) is 3.18. The van der Waals surface area contributed by atoms with Crippen molar-refractivity contribution >= 4 is 17.6 Å². The molecule has 1 fully saturated rings. The van der Waals surface area contributed by atoms with E-state index in [1.807, 2.05) is 29.2 Å². The molecule has 0 spiro atoms. The molecule has 0 aliphatic carbocycles. The Morgan fingerprint density at radius 3 is 2.61 bits per heavy atom. The summed E-state index contributed by atoms with van der Waals surface area (Å²) in [5.74, 6) is -0.885. The third kappa shape index (κ3) is 4.85. The van der Waals surface area contributed by atoms with Gasteiger partial charge in [0.05, 0.1) is 0 Å². The molecule has 148 valence electrons. The lowest BCUT2D eigenvalue weighted by Crippen LogP contribution is -2.37. The molecule has 0 bridgehead atoms. The van der Waals surface area contributed by atoms with Crippen LogP contribution in [0.25, 0.3) is 0 Å². The van der Waals surface area contributed by atoms with Gasteiger partial charge in [-0.3, -0.25) is 9.79 Å². The van der Waals surface area contributed by atoms with Gasteiger partial charge >= 0.3 is 0 Å². The van der Waals surface area contributed by atoms with E-state index in [-0.39, 0.29) is 5.91 Å². The van der Waals surface area contributed by atoms with Crippen molar-refractivity contribution in [2.45, 2.75) is 25.8 Å². The Bertz CT molecular complexity index is 852. The van der Waals surface area contributed by atoms with Crippen LogP contribution in [0.15, 0.2) is 47.5 Å². The van der Waals surface area contributed by atoms with Crippen molar-refractivity contribution in [2.75, 3.05) is 25.0 Å². The Balaban J connectivity index is 1.47. The largest absolute Gasteiger partial charge is 0.356 e. The quantitative estimate of drug-likeness (QED) is 0.593. The normalized spacial score (nSPS) is 14.5. The first-order valence-electron chi connectivity index (χ1n) is 9.35. The molecule has 0 atom stereocenters. The molecular weight excluding hydrogens is 362 g/mol. The van der Waals surface area contributed by atoms with E-state index in [1.54, 1.807) is 13.1 Å². The zero-order chi connectivity index (χ0) is 19.9. The van der Waals surface area contributed by atoms with Crippen LogP contribution in [0.5, 0.6) is 0 Å². The molecule has 1 heterocycles. The number of carbonyl (C=O) groups excluding carboxylic acids is 1. The molecule has 28 heavy (non-hydrogen) atoms. The summed E-state index contributed by atoms with van der Waals surface area (Å²) < 4.78 is 26.9. The maximum Gasteiger partial charge on any atom is 0.227 e. The van der Waals surface area contributed by atoms with E-state index in [2.05, 4.69) is 15.6 Å². The van der Waals surface area contributed by atoms with E-state index in [0.717, 1.165) is 30.3 Å². The van der Waals surface area contributed by atoms with Gasteiger partial charge in [0.25, 0.3) is 0 Å². The molecule has 5 nitrogen and oxygen atoms in total. The molecule has 0 saturated carbocycles. The van der Waals surface area contributed by atoms with Gasteiger partial charge in [0, 0.05) is 38.8 Å². The minimum absolute atomic E-state index is 0.171. The highest BCUT2D eigenvalue weighted by atomic mass is 19.2. The maximum atomic E-state index is 13.7. The zero-order valence-corrected chi connectivity index (χ0v) is 15.8. The Morgan fingerprint density at radius 2 is 1.93 bits per heavy atom. The Hall–Kier alpha value is -2.96. The van der Waals surface area contributed by atoms with E-state index >= 15 is 0 Å². The number of nitrogens with zero attached hydrogens (tertiary/aromatic N) is 2. The number of hydrogen-bond donors (Lipinski definition) is 2. The summed E-state index contributed by atoms with van der Waals surface area (Å²) in [7, 11) is 1.65. The third-order valence-corrected chi connectivity index (χ3v) is 4.72. The SMILES string of the molecule is CN=C(NCCc1cccc(F)c1F)NCc1ccc(N2CCCC2=O)cc1. The maximum absolute atomic E-state index is 13.7. The van der Waals surface area contributed by atoms with Crippen LogP contribution in [-0.4, -0.2) is 32.0 Å². The molecule has 1 aliphatic rings. The molecule has 0 aromatic heterocycles. The van der Waals surface area contributed by atoms with Crippen molar-refractivity contribution < 1.29 is 13.6 Å². The molecule has 3 rings (SSSR count). The van der Waals surface area contributed by atoms with Gasteiger partial charge in [-0.2, -0.15) is 0 Å². The number of guanidine groups is 1. The van der Waals surface area contributed by atoms with Crippen LogP contribution in [0.3, 0.4) is 0 Å². The van der Waals surface area contributed by atoms with Crippen molar-refractivity contribution in [1.82, 2.24) is 10.6 Å². The first-order valence-corrected chi connectivity index (χ1v) is 9.35. The summed E-state index contributed by atoms with van der Waals surface area (Å²) in [5, 5.41) is 6.28. The first kappa shape index (κ1) is 19.8. The minimum Gasteiger partial charge on any atom is -0.356 e. The molecular formula is C21H24F2N4O. The number of hydrogen-bond acceptors (Lipinski definition) is 2. The van der Waals surface area contributed by atoms with Crippen molar-refractivity contribution in [2.24, 2.45) is 4.99 Å². The number of carbonyl (C=O) groups is 1. The highest BCUT2D eigenvalue weighted by molar-refractivity contribution is 5.95. The van der Waals surface area contributed by atoms with Gasteiger partial charge in [0.15, 0.2) is 17.6 Å². The molecule has 1 saturated heterocycles. The molecule has 2 aromatic carbocycles. The lowest BCUT2D eigenvalue weighted by molar-refractivity contribution is -0.117. The van der Waals surface area contributed by atoms with Gasteiger partial charge in [-0.25, -0.2) is 8.78 Å². The molecule has 2 aromatic rings. The summed E-state index contributed by atoms with van der Waals surface area (Å²) in [5.41, 5.74) is 2.30. The van der Waals surface area contributed by atoms with Gasteiger partial charge in [-0.1, -0.05) is 24.3 Å². The van der Waals surface area contributed by atoms with E-state index in [1.165, 1.54) is 6.07 Å². The Morgan fingerprint density at radius 1 is 1.14 bits per heavy atom. The second kappa shape index (κ2) is 9.30. The highest BCUT2D eigenvalue weighted by Gasteiger charge is 2.21. The molecule has 2 N–H and O–H groups in total. The molecule has 1 aliphatic heterocycles. The standard InChI is InChI=1S/C21H24F2N4O/c1-24-21(25-12-11-16-4-2-5-18(22)20(16)23)26-14-15-7-9-17(10-8-15)27-13-3-6-19(27)28/h2,4-5,7-10H,3,6,11-14H2,1H3,(H2,24,25,26). The monoisotopic (exact) mass is 386 g/mol. The van der Waals surface area contributed by atoms with Crippen molar-refractivity contribution in [3.05, 3.63) is 65.2 Å². The number of rotatable bonds is 6. The number of nitrogens with one attached hydrogen (secondary N) is 2. The van der Waals surface area contributed by atoms with Crippen LogP contribution in [-0.2, 0) is 17.8 Å². The number of amides is 1. The Kier molecular flexibility index (Phi) is 6.57. The van der Waals surface area contributed by atoms with Crippen LogP contribution in [0, 0.1) is 11.6 Å². The van der Waals surface area contributed by atoms with Gasteiger partial charge in [-0.15, -0.1) is 0 Å². The number of halogens is 2. The van der Waals surface area contributed by atoms with Crippen LogP contribution >= 0.6 is 0 Å². The molecule has 7 heteroatoms. The predicted molar refractivity (Wildman–Crippen MR) is 106 cm³/mol. The summed E-state index contributed by atoms with van der Waals surface area (Å²) in [6, 6.07) is 12.0. The van der Waals surface area contributed by atoms with E-state index < -0.39 is 11.6 Å². The fourth-order valence-corrected chi connectivity index (χ4v) is 3.18. The summed E-state index contributed by atoms with van der Waals surface area (Å²) in [4.78, 5) is 17.7. The lowest BCUT2D eigenvalue weighted by Gasteiger charge is -2.16. The van der Waals surface area contributed by atoms with Crippen LogP contribution in [0.2, 0.25) is 0 Å². The highest BCUT2D eigenvalue weighted by Crippen LogP contribution is 2.21. The van der Waals surface area contributed by atoms with E-state index in [4.69, 9.17) is 0 Å². The van der Waals surface area contributed by atoms with E-state index in [0.29, 0.717) is 37.5 Å². The average molecular weight is 386 g/mol. The second-order valence-electron chi connectivity index (χ2n) is 6.63. The Labute approximate surface area is 163 Å². The van der Waals surface area contributed by atoms with Gasteiger partial charge < -0.3 is 15.5 Å². The summed E-state index contributed by atoms with van der Waals surface area (Å²) in [6.45, 7) is 1.76. The van der Waals surface area contributed by atoms with E-state index in [9.17, 15) is 13.6 Å². The fraction of sp³-hybridized carbons (Fsp3) is 0.333. The van der Waals surface area contributed by atoms with Crippen molar-refractivity contribution in [1.29, 1.82) is 0 Å².